The molecule has 0 atom stereocenters. The van der Waals surface area contributed by atoms with Crippen molar-refractivity contribution in [1.29, 1.82) is 0 Å². The number of allylic oxidation sites excluding steroid dienone is 2. The molecule has 0 aliphatic heterocycles. The van der Waals surface area contributed by atoms with Gasteiger partial charge in [0.2, 0.25) is 0 Å². The van der Waals surface area contributed by atoms with E-state index in [1.807, 2.05) is 17.8 Å². The fourth-order valence-electron chi connectivity index (χ4n) is 3.81. The molecule has 0 unspecified atom stereocenters. The first kappa shape index (κ1) is 25.8. The summed E-state index contributed by atoms with van der Waals surface area (Å²) in [5, 5.41) is 0.263. The van der Waals surface area contributed by atoms with E-state index in [-0.39, 0.29) is 5.25 Å². The molecular formula is C26H30Br2O2S2. The lowest BCUT2D eigenvalue weighted by molar-refractivity contribution is 0.587. The van der Waals surface area contributed by atoms with E-state index in [0.29, 0.717) is 10.1 Å². The molecule has 0 bridgehead atoms. The van der Waals surface area contributed by atoms with Gasteiger partial charge in [-0.25, -0.2) is 8.42 Å². The maximum absolute atomic E-state index is 12.1. The third kappa shape index (κ3) is 5.45. The molecule has 32 heavy (non-hydrogen) atoms. The maximum atomic E-state index is 12.1. The molecule has 0 spiro atoms. The van der Waals surface area contributed by atoms with E-state index < -0.39 is 9.84 Å². The Hall–Kier alpha value is -0.820. The Morgan fingerprint density at radius 3 is 1.81 bits per heavy atom. The van der Waals surface area contributed by atoms with Crippen LogP contribution in [0.3, 0.4) is 0 Å². The summed E-state index contributed by atoms with van der Waals surface area (Å²) in [5.41, 5.74) is 7.74. The van der Waals surface area contributed by atoms with Gasteiger partial charge in [-0.1, -0.05) is 69.0 Å². The minimum Gasteiger partial charge on any atom is -0.223 e. The molecule has 0 aromatic heterocycles. The van der Waals surface area contributed by atoms with Gasteiger partial charge in [-0.2, -0.15) is 0 Å². The predicted molar refractivity (Wildman–Crippen MR) is 147 cm³/mol. The lowest BCUT2D eigenvalue weighted by Gasteiger charge is -2.09. The van der Waals surface area contributed by atoms with Crippen LogP contribution in [-0.2, 0) is 22.7 Å². The SMILES string of the molecule is CC1=C(Br)c2cc(S(=O)(=O)C(C)C)ccc2C1.CC1=C(Br)c2cc(SC(C)C)ccc2C1. The van der Waals surface area contributed by atoms with Crippen molar-refractivity contribution in [2.75, 3.05) is 0 Å². The number of sulfone groups is 1. The van der Waals surface area contributed by atoms with Gasteiger partial charge in [0.15, 0.2) is 9.84 Å². The average Bonchev–Trinajstić information content (AvgIpc) is 3.17. The van der Waals surface area contributed by atoms with Gasteiger partial charge in [-0.05, 0) is 87.1 Å². The highest BCUT2D eigenvalue weighted by Crippen LogP contribution is 2.39. The highest BCUT2D eigenvalue weighted by atomic mass is 79.9. The van der Waals surface area contributed by atoms with Crippen molar-refractivity contribution in [3.05, 3.63) is 69.8 Å². The second kappa shape index (κ2) is 10.2. The van der Waals surface area contributed by atoms with Gasteiger partial charge in [0, 0.05) is 19.1 Å². The number of benzene rings is 2. The molecule has 0 radical (unpaired) electrons. The van der Waals surface area contributed by atoms with Crippen LogP contribution in [0.2, 0.25) is 0 Å². The summed E-state index contributed by atoms with van der Waals surface area (Å²) in [5.74, 6) is 0. The van der Waals surface area contributed by atoms with Crippen LogP contribution in [0.5, 0.6) is 0 Å². The molecule has 2 aliphatic carbocycles. The largest absolute Gasteiger partial charge is 0.223 e. The summed E-state index contributed by atoms with van der Waals surface area (Å²) in [6, 6.07) is 12.2. The fourth-order valence-corrected chi connectivity index (χ4v) is 6.79. The van der Waals surface area contributed by atoms with Crippen molar-refractivity contribution >= 4 is 62.4 Å². The standard InChI is InChI=1S/C13H15BrO2S.C13H15BrS/c1-8(2)17(15,16)11-5-4-10-6-9(3)13(14)12(10)7-11;1-8(2)15-11-5-4-10-6-9(3)13(14)12(10)7-11/h4-5,7-8H,6H2,1-3H3;4-5,7-8H,6H2,1-3H3. The van der Waals surface area contributed by atoms with E-state index >= 15 is 0 Å². The van der Waals surface area contributed by atoms with Gasteiger partial charge >= 0.3 is 0 Å². The van der Waals surface area contributed by atoms with Gasteiger partial charge in [0.1, 0.15) is 0 Å². The molecule has 0 heterocycles. The molecule has 0 fully saturated rings. The number of fused-ring (bicyclic) bond motifs is 2. The monoisotopic (exact) mass is 596 g/mol. The van der Waals surface area contributed by atoms with E-state index in [1.165, 1.54) is 37.2 Å². The van der Waals surface area contributed by atoms with Crippen molar-refractivity contribution in [3.63, 3.8) is 0 Å². The van der Waals surface area contributed by atoms with Crippen LogP contribution in [0.15, 0.2) is 57.3 Å². The Balaban J connectivity index is 0.000000182. The van der Waals surface area contributed by atoms with E-state index in [0.717, 1.165) is 22.9 Å². The van der Waals surface area contributed by atoms with Crippen LogP contribution in [0.25, 0.3) is 8.96 Å². The lowest BCUT2D eigenvalue weighted by Crippen LogP contribution is -2.14. The van der Waals surface area contributed by atoms with Crippen LogP contribution in [0, 0.1) is 0 Å². The van der Waals surface area contributed by atoms with Gasteiger partial charge in [0.05, 0.1) is 10.1 Å². The topological polar surface area (TPSA) is 34.1 Å². The quantitative estimate of drug-likeness (QED) is 0.332. The number of halogens is 2. The summed E-state index contributed by atoms with van der Waals surface area (Å²) in [4.78, 5) is 1.79. The van der Waals surface area contributed by atoms with Crippen LogP contribution < -0.4 is 0 Å². The third-order valence-electron chi connectivity index (χ3n) is 5.62. The van der Waals surface area contributed by atoms with Crippen molar-refractivity contribution in [1.82, 2.24) is 0 Å². The molecule has 2 aromatic rings. The number of hydrogen-bond acceptors (Lipinski definition) is 3. The fraction of sp³-hybridized carbons (Fsp3) is 0.385. The Labute approximate surface area is 214 Å². The first-order chi connectivity index (χ1) is 14.9. The summed E-state index contributed by atoms with van der Waals surface area (Å²) < 4.78 is 26.5. The van der Waals surface area contributed by atoms with Gasteiger partial charge < -0.3 is 0 Å². The maximum Gasteiger partial charge on any atom is 0.180 e. The third-order valence-corrected chi connectivity index (χ3v) is 11.0. The minimum absolute atomic E-state index is 0.384. The number of hydrogen-bond donors (Lipinski definition) is 0. The highest BCUT2D eigenvalue weighted by molar-refractivity contribution is 9.15. The zero-order valence-electron chi connectivity index (χ0n) is 19.4. The smallest absolute Gasteiger partial charge is 0.180 e. The van der Waals surface area contributed by atoms with Crippen LogP contribution in [0.1, 0.15) is 63.8 Å². The van der Waals surface area contributed by atoms with Gasteiger partial charge in [0.25, 0.3) is 0 Å². The molecule has 2 aromatic carbocycles. The van der Waals surface area contributed by atoms with Crippen LogP contribution in [0.4, 0.5) is 0 Å². The second-order valence-electron chi connectivity index (χ2n) is 8.94. The van der Waals surface area contributed by atoms with Crippen LogP contribution >= 0.6 is 43.6 Å². The summed E-state index contributed by atoms with van der Waals surface area (Å²) in [6.45, 7) is 12.1. The minimum atomic E-state index is -3.18. The first-order valence-electron chi connectivity index (χ1n) is 10.8. The van der Waals surface area contributed by atoms with E-state index in [1.54, 1.807) is 26.0 Å². The van der Waals surface area contributed by atoms with Crippen LogP contribution in [-0.4, -0.2) is 18.9 Å². The molecule has 2 aliphatic rings. The Morgan fingerprint density at radius 1 is 0.812 bits per heavy atom. The summed E-state index contributed by atoms with van der Waals surface area (Å²) >= 11 is 9.12. The predicted octanol–water partition coefficient (Wildman–Crippen LogP) is 8.42. The van der Waals surface area contributed by atoms with E-state index in [4.69, 9.17) is 0 Å². The Kier molecular flexibility index (Phi) is 8.23. The summed E-state index contributed by atoms with van der Waals surface area (Å²) in [7, 11) is -3.18. The zero-order chi connectivity index (χ0) is 23.8. The van der Waals surface area contributed by atoms with Crippen molar-refractivity contribution in [2.24, 2.45) is 0 Å². The molecule has 0 saturated heterocycles. The molecule has 172 valence electrons. The molecule has 0 N–H and O–H groups in total. The Morgan fingerprint density at radius 2 is 1.31 bits per heavy atom. The second-order valence-corrected chi connectivity index (χ2v) is 14.7. The molecule has 4 rings (SSSR count). The van der Waals surface area contributed by atoms with Crippen molar-refractivity contribution in [3.8, 4) is 0 Å². The molecule has 2 nitrogen and oxygen atoms in total. The normalized spacial score (nSPS) is 15.3. The number of rotatable bonds is 4. The van der Waals surface area contributed by atoms with E-state index in [2.05, 4.69) is 77.8 Å². The molecule has 0 saturated carbocycles. The average molecular weight is 598 g/mol. The lowest BCUT2D eigenvalue weighted by atomic mass is 10.1. The molecule has 6 heteroatoms. The Bertz CT molecular complexity index is 1210. The number of thioether (sulfide) groups is 1. The molecule has 0 amide bonds. The van der Waals surface area contributed by atoms with E-state index in [9.17, 15) is 8.42 Å². The van der Waals surface area contributed by atoms with Gasteiger partial charge in [-0.3, -0.25) is 0 Å². The highest BCUT2D eigenvalue weighted by Gasteiger charge is 2.23. The van der Waals surface area contributed by atoms with Crippen molar-refractivity contribution in [2.45, 2.75) is 74.7 Å². The first-order valence-corrected chi connectivity index (χ1v) is 14.8. The van der Waals surface area contributed by atoms with Gasteiger partial charge in [-0.15, -0.1) is 11.8 Å². The molecular weight excluding hydrogens is 568 g/mol. The van der Waals surface area contributed by atoms with Crippen molar-refractivity contribution < 1.29 is 8.42 Å². The zero-order valence-corrected chi connectivity index (χ0v) is 24.2. The summed E-state index contributed by atoms with van der Waals surface area (Å²) in [6.07, 6.45) is 2.00.